The lowest BCUT2D eigenvalue weighted by Crippen LogP contribution is -2.14. The second-order valence-corrected chi connectivity index (χ2v) is 5.98. The van der Waals surface area contributed by atoms with E-state index in [1.807, 2.05) is 38.1 Å². The van der Waals surface area contributed by atoms with Crippen LogP contribution in [0.2, 0.25) is 0 Å². The fourth-order valence-electron chi connectivity index (χ4n) is 2.37. The molecule has 0 aliphatic carbocycles. The van der Waals surface area contributed by atoms with Crippen molar-refractivity contribution in [1.29, 1.82) is 0 Å². The van der Waals surface area contributed by atoms with E-state index in [0.717, 1.165) is 16.8 Å². The third-order valence-corrected chi connectivity index (χ3v) is 3.48. The van der Waals surface area contributed by atoms with Gasteiger partial charge in [0.05, 0.1) is 5.69 Å². The van der Waals surface area contributed by atoms with Crippen molar-refractivity contribution in [2.75, 3.05) is 10.6 Å². The summed E-state index contributed by atoms with van der Waals surface area (Å²) in [7, 11) is 0. The molecule has 2 heterocycles. The van der Waals surface area contributed by atoms with Crippen LogP contribution in [0.25, 0.3) is 11.3 Å². The molecule has 0 unspecified atom stereocenters. The van der Waals surface area contributed by atoms with Crippen LogP contribution in [0, 0.1) is 5.82 Å². The molecule has 6 heteroatoms. The zero-order valence-corrected chi connectivity index (χ0v) is 14.2. The molecule has 0 saturated carbocycles. The van der Waals surface area contributed by atoms with Crippen molar-refractivity contribution in [2.45, 2.75) is 26.4 Å². The summed E-state index contributed by atoms with van der Waals surface area (Å²) in [5, 5.41) is 6.46. The molecule has 0 spiro atoms. The minimum absolute atomic E-state index is 0.212. The number of aromatic nitrogens is 3. The molecule has 1 aromatic carbocycles. The Bertz CT molecular complexity index is 836. The first-order valence-corrected chi connectivity index (χ1v) is 8.14. The number of pyridine rings is 1. The number of rotatable bonds is 6. The molecule has 2 aromatic heterocycles. The molecule has 0 radical (unpaired) electrons. The monoisotopic (exact) mass is 337 g/mol. The molecule has 128 valence electrons. The van der Waals surface area contributed by atoms with E-state index in [2.05, 4.69) is 25.6 Å². The number of anilines is 2. The fraction of sp³-hybridized carbons (Fsp3) is 0.211. The van der Waals surface area contributed by atoms with Gasteiger partial charge in [0.25, 0.3) is 0 Å². The Morgan fingerprint density at radius 2 is 1.84 bits per heavy atom. The first kappa shape index (κ1) is 16.8. The van der Waals surface area contributed by atoms with Gasteiger partial charge in [-0.3, -0.25) is 4.98 Å². The third-order valence-electron chi connectivity index (χ3n) is 3.48. The zero-order chi connectivity index (χ0) is 17.6. The highest BCUT2D eigenvalue weighted by molar-refractivity contribution is 5.64. The van der Waals surface area contributed by atoms with E-state index in [9.17, 15) is 4.39 Å². The number of nitrogens with zero attached hydrogens (tertiary/aromatic N) is 3. The van der Waals surface area contributed by atoms with Gasteiger partial charge >= 0.3 is 0 Å². The molecule has 3 aromatic rings. The van der Waals surface area contributed by atoms with Crippen LogP contribution in [0.1, 0.15) is 19.4 Å². The maximum absolute atomic E-state index is 13.3. The van der Waals surface area contributed by atoms with Crippen LogP contribution in [-0.4, -0.2) is 21.0 Å². The number of nitrogens with one attached hydrogen (secondary N) is 2. The maximum Gasteiger partial charge on any atom is 0.225 e. The first-order valence-electron chi connectivity index (χ1n) is 8.14. The van der Waals surface area contributed by atoms with Gasteiger partial charge in [-0.25, -0.2) is 9.37 Å². The number of halogens is 1. The van der Waals surface area contributed by atoms with Crippen LogP contribution < -0.4 is 10.6 Å². The summed E-state index contributed by atoms with van der Waals surface area (Å²) in [5.41, 5.74) is 2.60. The van der Waals surface area contributed by atoms with Gasteiger partial charge in [-0.2, -0.15) is 4.98 Å². The van der Waals surface area contributed by atoms with Crippen LogP contribution in [0.5, 0.6) is 0 Å². The van der Waals surface area contributed by atoms with Crippen LogP contribution >= 0.6 is 0 Å². The average molecular weight is 337 g/mol. The Morgan fingerprint density at radius 3 is 2.56 bits per heavy atom. The Kier molecular flexibility index (Phi) is 5.18. The van der Waals surface area contributed by atoms with E-state index in [4.69, 9.17) is 0 Å². The lowest BCUT2D eigenvalue weighted by molar-refractivity contribution is 0.626. The normalized spacial score (nSPS) is 10.7. The zero-order valence-electron chi connectivity index (χ0n) is 14.2. The minimum Gasteiger partial charge on any atom is -0.366 e. The molecular formula is C19H20FN5. The smallest absolute Gasteiger partial charge is 0.225 e. The van der Waals surface area contributed by atoms with Gasteiger partial charge in [-0.05, 0) is 43.7 Å². The summed E-state index contributed by atoms with van der Waals surface area (Å²) in [6.07, 6.45) is 3.46. The molecule has 0 fully saturated rings. The summed E-state index contributed by atoms with van der Waals surface area (Å²) in [6.45, 7) is 4.54. The molecule has 2 N–H and O–H groups in total. The van der Waals surface area contributed by atoms with Crippen molar-refractivity contribution in [2.24, 2.45) is 0 Å². The van der Waals surface area contributed by atoms with Crippen molar-refractivity contribution < 1.29 is 4.39 Å². The van der Waals surface area contributed by atoms with Crippen molar-refractivity contribution >= 4 is 11.8 Å². The Morgan fingerprint density at radius 1 is 1.04 bits per heavy atom. The molecule has 0 aliphatic rings. The lowest BCUT2D eigenvalue weighted by Gasteiger charge is -2.13. The van der Waals surface area contributed by atoms with E-state index in [0.29, 0.717) is 18.3 Å². The molecule has 5 nitrogen and oxygen atoms in total. The highest BCUT2D eigenvalue weighted by Gasteiger charge is 2.08. The molecular weight excluding hydrogens is 317 g/mol. The fourth-order valence-corrected chi connectivity index (χ4v) is 2.37. The van der Waals surface area contributed by atoms with Gasteiger partial charge in [0.2, 0.25) is 5.95 Å². The van der Waals surface area contributed by atoms with E-state index >= 15 is 0 Å². The quantitative estimate of drug-likeness (QED) is 0.709. The first-order chi connectivity index (χ1) is 12.1. The highest BCUT2D eigenvalue weighted by Crippen LogP contribution is 2.21. The number of hydrogen-bond donors (Lipinski definition) is 2. The third kappa shape index (κ3) is 4.73. The number of hydrogen-bond acceptors (Lipinski definition) is 5. The van der Waals surface area contributed by atoms with Crippen molar-refractivity contribution in [1.82, 2.24) is 15.0 Å². The second-order valence-electron chi connectivity index (χ2n) is 5.98. The number of benzene rings is 1. The average Bonchev–Trinajstić information content (AvgIpc) is 2.60. The van der Waals surface area contributed by atoms with E-state index in [-0.39, 0.29) is 11.9 Å². The van der Waals surface area contributed by atoms with Crippen molar-refractivity contribution in [3.05, 3.63) is 66.2 Å². The van der Waals surface area contributed by atoms with Gasteiger partial charge in [-0.15, -0.1) is 0 Å². The van der Waals surface area contributed by atoms with Gasteiger partial charge < -0.3 is 10.6 Å². The van der Waals surface area contributed by atoms with Crippen molar-refractivity contribution in [3.8, 4) is 11.3 Å². The van der Waals surface area contributed by atoms with Gasteiger partial charge in [0, 0.05) is 36.6 Å². The molecule has 0 atom stereocenters. The van der Waals surface area contributed by atoms with Crippen LogP contribution in [0.3, 0.4) is 0 Å². The summed E-state index contributed by atoms with van der Waals surface area (Å²) in [5.74, 6) is 0.974. The molecule has 0 saturated heterocycles. The lowest BCUT2D eigenvalue weighted by atomic mass is 10.2. The second kappa shape index (κ2) is 7.70. The standard InChI is InChI=1S/C19H20FN5/c1-13(2)23-19-24-17(15-6-8-21-9-7-15)11-18(25-19)22-12-14-4-3-5-16(20)10-14/h3-11,13H,12H2,1-2H3,(H2,22,23,24,25). The van der Waals surface area contributed by atoms with Crippen LogP contribution in [0.15, 0.2) is 54.9 Å². The van der Waals surface area contributed by atoms with Crippen molar-refractivity contribution in [3.63, 3.8) is 0 Å². The maximum atomic E-state index is 13.3. The summed E-state index contributed by atoms with van der Waals surface area (Å²) < 4.78 is 13.3. The topological polar surface area (TPSA) is 62.7 Å². The molecule has 25 heavy (non-hydrogen) atoms. The highest BCUT2D eigenvalue weighted by atomic mass is 19.1. The van der Waals surface area contributed by atoms with E-state index in [1.54, 1.807) is 18.5 Å². The molecule has 0 amide bonds. The Hall–Kier alpha value is -3.02. The van der Waals surface area contributed by atoms with E-state index in [1.165, 1.54) is 12.1 Å². The summed E-state index contributed by atoms with van der Waals surface area (Å²) in [6, 6.07) is 12.4. The van der Waals surface area contributed by atoms with Crippen LogP contribution in [0.4, 0.5) is 16.2 Å². The SMILES string of the molecule is CC(C)Nc1nc(NCc2cccc(F)c2)cc(-c2ccncc2)n1. The Labute approximate surface area is 146 Å². The summed E-state index contributed by atoms with van der Waals surface area (Å²) >= 11 is 0. The molecule has 0 aliphatic heterocycles. The largest absolute Gasteiger partial charge is 0.366 e. The van der Waals surface area contributed by atoms with Gasteiger partial charge in [0.1, 0.15) is 11.6 Å². The van der Waals surface area contributed by atoms with E-state index < -0.39 is 0 Å². The van der Waals surface area contributed by atoms with Gasteiger partial charge in [0.15, 0.2) is 0 Å². The predicted octanol–water partition coefficient (Wildman–Crippen LogP) is 4.11. The predicted molar refractivity (Wildman–Crippen MR) is 97.7 cm³/mol. The molecule has 3 rings (SSSR count). The van der Waals surface area contributed by atoms with Crippen LogP contribution in [-0.2, 0) is 6.54 Å². The minimum atomic E-state index is -0.248. The summed E-state index contributed by atoms with van der Waals surface area (Å²) in [4.78, 5) is 13.1. The van der Waals surface area contributed by atoms with Gasteiger partial charge in [-0.1, -0.05) is 12.1 Å². The molecule has 0 bridgehead atoms. The Balaban J connectivity index is 1.86.